The first kappa shape index (κ1) is 16.3. The molecule has 0 saturated heterocycles. The third kappa shape index (κ3) is 3.41. The molecular weight excluding hydrogens is 287 g/mol. The van der Waals surface area contributed by atoms with Crippen molar-refractivity contribution in [1.29, 1.82) is 0 Å². The van der Waals surface area contributed by atoms with Crippen molar-refractivity contribution in [2.75, 3.05) is 7.11 Å². The maximum atomic E-state index is 13.0. The van der Waals surface area contributed by atoms with Crippen LogP contribution in [0.5, 0.6) is 0 Å². The fraction of sp³-hybridized carbons (Fsp3) is 0.455. The molecule has 20 heavy (non-hydrogen) atoms. The molecule has 1 rings (SSSR count). The summed E-state index contributed by atoms with van der Waals surface area (Å²) < 4.78 is 68.4. The van der Waals surface area contributed by atoms with Gasteiger partial charge in [0.2, 0.25) is 0 Å². The first-order chi connectivity index (χ1) is 9.22. The summed E-state index contributed by atoms with van der Waals surface area (Å²) >= 11 is 0. The van der Waals surface area contributed by atoms with Gasteiger partial charge < -0.3 is 10.5 Å². The molecule has 9 heteroatoms. The molecule has 0 unspecified atom stereocenters. The summed E-state index contributed by atoms with van der Waals surface area (Å²) in [6, 6.07) is 0. The second-order valence-electron chi connectivity index (χ2n) is 3.77. The van der Waals surface area contributed by atoms with Crippen LogP contribution in [0.15, 0.2) is 6.20 Å². The van der Waals surface area contributed by atoms with Gasteiger partial charge in [0.1, 0.15) is 0 Å². The molecule has 0 aliphatic heterocycles. The van der Waals surface area contributed by atoms with Gasteiger partial charge in [-0.3, -0.25) is 9.78 Å². The highest BCUT2D eigenvalue weighted by Gasteiger charge is 2.38. The summed E-state index contributed by atoms with van der Waals surface area (Å²) in [7, 11) is 0.994. The van der Waals surface area contributed by atoms with E-state index in [0.29, 0.717) is 6.20 Å². The molecule has 0 amide bonds. The van der Waals surface area contributed by atoms with Crippen LogP contribution in [0.1, 0.15) is 28.8 Å². The molecule has 0 saturated carbocycles. The van der Waals surface area contributed by atoms with Crippen LogP contribution in [-0.2, 0) is 28.7 Å². The number of rotatable bonds is 4. The zero-order valence-electron chi connectivity index (χ0n) is 10.3. The van der Waals surface area contributed by atoms with E-state index in [2.05, 4.69) is 9.72 Å². The fourth-order valence-corrected chi connectivity index (χ4v) is 1.67. The van der Waals surface area contributed by atoms with Crippen molar-refractivity contribution >= 4 is 5.97 Å². The summed E-state index contributed by atoms with van der Waals surface area (Å²) in [5, 5.41) is 0. The first-order valence-electron chi connectivity index (χ1n) is 5.35. The molecule has 0 fully saturated rings. The van der Waals surface area contributed by atoms with Gasteiger partial charge in [-0.2, -0.15) is 13.2 Å². The summed E-state index contributed by atoms with van der Waals surface area (Å²) in [5.74, 6) is -0.956. The molecule has 0 bridgehead atoms. The van der Waals surface area contributed by atoms with Gasteiger partial charge in [-0.25, -0.2) is 8.78 Å². The standard InChI is InChI=1S/C11H11F5N2O2/c1-20-8(19)2-5-7(3-17)18-4-6(11(14,15)16)9(5)10(12)13/h4,10H,2-3,17H2,1H3. The van der Waals surface area contributed by atoms with E-state index in [0.717, 1.165) is 7.11 Å². The van der Waals surface area contributed by atoms with E-state index in [1.54, 1.807) is 0 Å². The highest BCUT2D eigenvalue weighted by Crippen LogP contribution is 2.38. The number of methoxy groups -OCH3 is 1. The van der Waals surface area contributed by atoms with Crippen molar-refractivity contribution in [2.24, 2.45) is 5.73 Å². The normalized spacial score (nSPS) is 11.8. The first-order valence-corrected chi connectivity index (χ1v) is 5.35. The summed E-state index contributed by atoms with van der Waals surface area (Å²) in [5.41, 5.74) is 1.66. The van der Waals surface area contributed by atoms with Crippen LogP contribution in [0.2, 0.25) is 0 Å². The minimum absolute atomic E-state index is 0.196. The highest BCUT2D eigenvalue weighted by molar-refractivity contribution is 5.73. The smallest absolute Gasteiger partial charge is 0.418 e. The molecule has 1 heterocycles. The van der Waals surface area contributed by atoms with Crippen LogP contribution in [0.4, 0.5) is 22.0 Å². The number of nitrogens with zero attached hydrogens (tertiary/aromatic N) is 1. The molecule has 0 radical (unpaired) electrons. The zero-order chi connectivity index (χ0) is 15.5. The average Bonchev–Trinajstić information content (AvgIpc) is 2.36. The average molecular weight is 298 g/mol. The van der Waals surface area contributed by atoms with Crippen molar-refractivity contribution in [1.82, 2.24) is 4.98 Å². The number of alkyl halides is 5. The zero-order valence-corrected chi connectivity index (χ0v) is 10.3. The van der Waals surface area contributed by atoms with Gasteiger partial charge in [0, 0.05) is 18.3 Å². The van der Waals surface area contributed by atoms with E-state index in [9.17, 15) is 26.7 Å². The lowest BCUT2D eigenvalue weighted by Crippen LogP contribution is -2.19. The molecule has 2 N–H and O–H groups in total. The number of carbonyl (C=O) groups excluding carboxylic acids is 1. The largest absolute Gasteiger partial charge is 0.469 e. The van der Waals surface area contributed by atoms with Gasteiger partial charge in [0.25, 0.3) is 6.43 Å². The van der Waals surface area contributed by atoms with Crippen LogP contribution in [0.25, 0.3) is 0 Å². The van der Waals surface area contributed by atoms with E-state index in [1.807, 2.05) is 0 Å². The monoisotopic (exact) mass is 298 g/mol. The topological polar surface area (TPSA) is 65.2 Å². The number of nitrogens with two attached hydrogens (primary N) is 1. The lowest BCUT2D eigenvalue weighted by molar-refractivity contribution is -0.141. The number of esters is 1. The van der Waals surface area contributed by atoms with E-state index in [4.69, 9.17) is 5.73 Å². The van der Waals surface area contributed by atoms with Crippen molar-refractivity contribution in [2.45, 2.75) is 25.6 Å². The Hall–Kier alpha value is -1.77. The van der Waals surface area contributed by atoms with Crippen LogP contribution in [0, 0.1) is 0 Å². The molecule has 0 aliphatic carbocycles. The predicted molar refractivity (Wildman–Crippen MR) is 57.8 cm³/mol. The second kappa shape index (κ2) is 6.12. The molecule has 1 aromatic heterocycles. The molecule has 112 valence electrons. The lowest BCUT2D eigenvalue weighted by atomic mass is 9.98. The molecule has 0 atom stereocenters. The SMILES string of the molecule is COC(=O)Cc1c(CN)ncc(C(F)(F)F)c1C(F)F. The Morgan fingerprint density at radius 2 is 2.05 bits per heavy atom. The van der Waals surface area contributed by atoms with Crippen LogP contribution >= 0.6 is 0 Å². The van der Waals surface area contributed by atoms with E-state index in [1.165, 1.54) is 0 Å². The van der Waals surface area contributed by atoms with Crippen molar-refractivity contribution < 1.29 is 31.5 Å². The van der Waals surface area contributed by atoms with Gasteiger partial charge >= 0.3 is 12.1 Å². The minimum Gasteiger partial charge on any atom is -0.469 e. The molecule has 0 spiro atoms. The Morgan fingerprint density at radius 3 is 2.45 bits per heavy atom. The Labute approximate surface area is 110 Å². The Balaban J connectivity index is 3.53. The Kier molecular flexibility index (Phi) is 4.98. The van der Waals surface area contributed by atoms with Crippen molar-refractivity contribution in [3.05, 3.63) is 28.6 Å². The summed E-state index contributed by atoms with van der Waals surface area (Å²) in [6.45, 7) is -0.371. The maximum Gasteiger partial charge on any atom is 0.418 e. The third-order valence-electron chi connectivity index (χ3n) is 2.58. The quantitative estimate of drug-likeness (QED) is 0.683. The maximum absolute atomic E-state index is 13.0. The fourth-order valence-electron chi connectivity index (χ4n) is 1.67. The number of aromatic nitrogens is 1. The number of hydrogen-bond donors (Lipinski definition) is 1. The van der Waals surface area contributed by atoms with Crippen LogP contribution in [-0.4, -0.2) is 18.1 Å². The molecule has 4 nitrogen and oxygen atoms in total. The Bertz CT molecular complexity index is 502. The van der Waals surface area contributed by atoms with E-state index in [-0.39, 0.29) is 12.2 Å². The minimum atomic E-state index is -5.00. The summed E-state index contributed by atoms with van der Waals surface area (Å²) in [6.07, 6.45) is -8.87. The van der Waals surface area contributed by atoms with Crippen LogP contribution in [0.3, 0.4) is 0 Å². The molecule has 0 aliphatic rings. The van der Waals surface area contributed by atoms with Crippen molar-refractivity contribution in [3.63, 3.8) is 0 Å². The predicted octanol–water partition coefficient (Wildman–Crippen LogP) is 2.21. The number of halogens is 5. The molecule has 0 aromatic carbocycles. The number of carbonyl (C=O) groups is 1. The van der Waals surface area contributed by atoms with Gasteiger partial charge in [0.05, 0.1) is 24.8 Å². The van der Waals surface area contributed by atoms with E-state index >= 15 is 0 Å². The van der Waals surface area contributed by atoms with Gasteiger partial charge in [-0.1, -0.05) is 0 Å². The molecular formula is C11H11F5N2O2. The van der Waals surface area contributed by atoms with Gasteiger partial charge in [-0.15, -0.1) is 0 Å². The summed E-state index contributed by atoms with van der Waals surface area (Å²) in [4.78, 5) is 14.6. The second-order valence-corrected chi connectivity index (χ2v) is 3.77. The van der Waals surface area contributed by atoms with Crippen molar-refractivity contribution in [3.8, 4) is 0 Å². The lowest BCUT2D eigenvalue weighted by Gasteiger charge is -2.18. The van der Waals surface area contributed by atoms with Crippen LogP contribution < -0.4 is 5.73 Å². The third-order valence-corrected chi connectivity index (χ3v) is 2.58. The van der Waals surface area contributed by atoms with Gasteiger partial charge in [-0.05, 0) is 5.56 Å². The highest BCUT2D eigenvalue weighted by atomic mass is 19.4. The number of ether oxygens (including phenoxy) is 1. The molecule has 1 aromatic rings. The Morgan fingerprint density at radius 1 is 1.45 bits per heavy atom. The number of hydrogen-bond acceptors (Lipinski definition) is 4. The van der Waals surface area contributed by atoms with Gasteiger partial charge in [0.15, 0.2) is 0 Å². The number of pyridine rings is 1. The van der Waals surface area contributed by atoms with E-state index < -0.39 is 41.7 Å².